The van der Waals surface area contributed by atoms with Crippen LogP contribution >= 0.6 is 0 Å². The number of nitrogens with one attached hydrogen (secondary N) is 1. The molecule has 0 bridgehead atoms. The molecule has 3 amide bonds. The summed E-state index contributed by atoms with van der Waals surface area (Å²) in [7, 11) is 0. The van der Waals surface area contributed by atoms with Gasteiger partial charge in [-0.1, -0.05) is 19.1 Å². The molecule has 1 aromatic carbocycles. The van der Waals surface area contributed by atoms with Crippen molar-refractivity contribution in [2.24, 2.45) is 0 Å². The van der Waals surface area contributed by atoms with Gasteiger partial charge in [-0.25, -0.2) is 0 Å². The fourth-order valence-electron chi connectivity index (χ4n) is 3.04. The normalized spacial score (nSPS) is 25.0. The van der Waals surface area contributed by atoms with Gasteiger partial charge in [0.05, 0.1) is 0 Å². The molecule has 0 spiro atoms. The predicted octanol–water partition coefficient (Wildman–Crippen LogP) is 1.40. The van der Waals surface area contributed by atoms with Crippen molar-refractivity contribution in [3.8, 4) is 0 Å². The SMILES string of the molecule is CCc1ccc2c(c1)CN([C@@]1(C)CCC(=O)NC1=O)C2=O. The minimum atomic E-state index is -0.948. The second-order valence-corrected chi connectivity index (χ2v) is 5.89. The van der Waals surface area contributed by atoms with Gasteiger partial charge in [0.25, 0.3) is 11.8 Å². The van der Waals surface area contributed by atoms with Crippen molar-refractivity contribution < 1.29 is 14.4 Å². The molecule has 1 N–H and O–H groups in total. The first-order valence-electron chi connectivity index (χ1n) is 7.24. The number of nitrogens with zero attached hydrogens (tertiary/aromatic N) is 1. The molecule has 2 aliphatic rings. The highest BCUT2D eigenvalue weighted by Crippen LogP contribution is 2.34. The molecule has 1 saturated heterocycles. The highest BCUT2D eigenvalue weighted by atomic mass is 16.2. The van der Waals surface area contributed by atoms with Crippen molar-refractivity contribution in [1.29, 1.82) is 0 Å². The molecule has 1 fully saturated rings. The molecule has 1 atom stereocenters. The number of benzene rings is 1. The van der Waals surface area contributed by atoms with E-state index in [4.69, 9.17) is 0 Å². The molecule has 21 heavy (non-hydrogen) atoms. The fourth-order valence-corrected chi connectivity index (χ4v) is 3.04. The third-order valence-electron chi connectivity index (χ3n) is 4.56. The third kappa shape index (κ3) is 2.04. The summed E-state index contributed by atoms with van der Waals surface area (Å²) in [5, 5.41) is 2.34. The molecule has 2 heterocycles. The van der Waals surface area contributed by atoms with Gasteiger partial charge >= 0.3 is 0 Å². The zero-order valence-electron chi connectivity index (χ0n) is 12.2. The zero-order chi connectivity index (χ0) is 15.2. The number of hydrogen-bond acceptors (Lipinski definition) is 3. The molecule has 0 unspecified atom stereocenters. The van der Waals surface area contributed by atoms with E-state index >= 15 is 0 Å². The molecular weight excluding hydrogens is 268 g/mol. The standard InChI is InChI=1S/C16H18N2O3/c1-3-10-4-5-12-11(8-10)9-18(14(12)20)16(2)7-6-13(19)17-15(16)21/h4-5,8H,3,6-7,9H2,1-2H3,(H,17,19,21)/t16-/m0/s1. The van der Waals surface area contributed by atoms with Crippen LogP contribution in [0.1, 0.15) is 48.2 Å². The largest absolute Gasteiger partial charge is 0.320 e. The Morgan fingerprint density at radius 3 is 2.71 bits per heavy atom. The molecule has 5 nitrogen and oxygen atoms in total. The minimum Gasteiger partial charge on any atom is -0.320 e. The van der Waals surface area contributed by atoms with E-state index in [-0.39, 0.29) is 24.1 Å². The Bertz CT molecular complexity index is 653. The first kappa shape index (κ1) is 13.8. The lowest BCUT2D eigenvalue weighted by Crippen LogP contribution is -2.61. The topological polar surface area (TPSA) is 66.5 Å². The summed E-state index contributed by atoms with van der Waals surface area (Å²) in [5.74, 6) is -0.773. The third-order valence-corrected chi connectivity index (χ3v) is 4.56. The number of carbonyl (C=O) groups is 3. The van der Waals surface area contributed by atoms with E-state index in [1.54, 1.807) is 11.8 Å². The van der Waals surface area contributed by atoms with Gasteiger partial charge in [0.1, 0.15) is 5.54 Å². The second kappa shape index (κ2) is 4.69. The molecule has 3 rings (SSSR count). The number of rotatable bonds is 2. The Morgan fingerprint density at radius 1 is 1.29 bits per heavy atom. The molecule has 0 radical (unpaired) electrons. The number of amides is 3. The number of fused-ring (bicyclic) bond motifs is 1. The monoisotopic (exact) mass is 286 g/mol. The van der Waals surface area contributed by atoms with Gasteiger partial charge in [0.2, 0.25) is 5.91 Å². The summed E-state index contributed by atoms with van der Waals surface area (Å²) < 4.78 is 0. The van der Waals surface area contributed by atoms with E-state index in [0.717, 1.165) is 12.0 Å². The molecule has 5 heteroatoms. The molecule has 0 aliphatic carbocycles. The van der Waals surface area contributed by atoms with E-state index in [1.807, 2.05) is 18.2 Å². The smallest absolute Gasteiger partial charge is 0.255 e. The molecule has 0 saturated carbocycles. The molecule has 1 aromatic rings. The maximum atomic E-state index is 12.6. The number of carbonyl (C=O) groups excluding carboxylic acids is 3. The van der Waals surface area contributed by atoms with E-state index < -0.39 is 5.54 Å². The van der Waals surface area contributed by atoms with Crippen LogP contribution in [0.3, 0.4) is 0 Å². The number of hydrogen-bond donors (Lipinski definition) is 1. The van der Waals surface area contributed by atoms with E-state index in [0.29, 0.717) is 18.5 Å². The first-order valence-corrected chi connectivity index (χ1v) is 7.24. The Kier molecular flexibility index (Phi) is 3.08. The Hall–Kier alpha value is -2.17. The van der Waals surface area contributed by atoms with Gasteiger partial charge in [-0.2, -0.15) is 0 Å². The van der Waals surface area contributed by atoms with Gasteiger partial charge in [-0.05, 0) is 37.0 Å². The highest BCUT2D eigenvalue weighted by Gasteiger charge is 2.48. The zero-order valence-corrected chi connectivity index (χ0v) is 12.2. The summed E-state index contributed by atoms with van der Waals surface area (Å²) in [6, 6.07) is 5.82. The summed E-state index contributed by atoms with van der Waals surface area (Å²) in [4.78, 5) is 37.7. The Balaban J connectivity index is 1.93. The molecule has 2 aliphatic heterocycles. The summed E-state index contributed by atoms with van der Waals surface area (Å²) in [5.41, 5.74) is 1.86. The predicted molar refractivity (Wildman–Crippen MR) is 76.5 cm³/mol. The van der Waals surface area contributed by atoms with Crippen molar-refractivity contribution in [1.82, 2.24) is 10.2 Å². The van der Waals surface area contributed by atoms with Gasteiger partial charge in [0.15, 0.2) is 0 Å². The number of imide groups is 1. The minimum absolute atomic E-state index is 0.125. The summed E-state index contributed by atoms with van der Waals surface area (Å²) in [6.07, 6.45) is 1.55. The van der Waals surface area contributed by atoms with Crippen molar-refractivity contribution in [2.75, 3.05) is 0 Å². The molecular formula is C16H18N2O3. The maximum Gasteiger partial charge on any atom is 0.255 e. The number of aryl methyl sites for hydroxylation is 1. The first-order chi connectivity index (χ1) is 9.95. The molecule has 110 valence electrons. The van der Waals surface area contributed by atoms with E-state index in [2.05, 4.69) is 12.2 Å². The fraction of sp³-hybridized carbons (Fsp3) is 0.438. The second-order valence-electron chi connectivity index (χ2n) is 5.89. The van der Waals surface area contributed by atoms with Gasteiger partial charge < -0.3 is 4.90 Å². The van der Waals surface area contributed by atoms with Crippen LogP contribution in [0, 0.1) is 0 Å². The maximum absolute atomic E-state index is 12.6. The van der Waals surface area contributed by atoms with Crippen molar-refractivity contribution in [3.05, 3.63) is 34.9 Å². The van der Waals surface area contributed by atoms with Crippen LogP contribution in [0.15, 0.2) is 18.2 Å². The van der Waals surface area contributed by atoms with Crippen LogP contribution in [-0.4, -0.2) is 28.2 Å². The average molecular weight is 286 g/mol. The lowest BCUT2D eigenvalue weighted by molar-refractivity contribution is -0.142. The van der Waals surface area contributed by atoms with E-state index in [1.165, 1.54) is 5.56 Å². The van der Waals surface area contributed by atoms with Gasteiger partial charge in [-0.3, -0.25) is 19.7 Å². The lowest BCUT2D eigenvalue weighted by atomic mass is 9.89. The highest BCUT2D eigenvalue weighted by molar-refractivity contribution is 6.07. The van der Waals surface area contributed by atoms with Crippen molar-refractivity contribution in [2.45, 2.75) is 45.2 Å². The lowest BCUT2D eigenvalue weighted by Gasteiger charge is -2.39. The van der Waals surface area contributed by atoms with Crippen molar-refractivity contribution >= 4 is 17.7 Å². The van der Waals surface area contributed by atoms with Crippen LogP contribution in [-0.2, 0) is 22.6 Å². The van der Waals surface area contributed by atoms with Crippen LogP contribution < -0.4 is 5.32 Å². The summed E-state index contributed by atoms with van der Waals surface area (Å²) >= 11 is 0. The average Bonchev–Trinajstić information content (AvgIpc) is 2.80. The molecule has 0 aromatic heterocycles. The quantitative estimate of drug-likeness (QED) is 0.836. The van der Waals surface area contributed by atoms with Gasteiger partial charge in [0, 0.05) is 18.5 Å². The van der Waals surface area contributed by atoms with Gasteiger partial charge in [-0.15, -0.1) is 0 Å². The number of piperidine rings is 1. The Labute approximate surface area is 123 Å². The summed E-state index contributed by atoms with van der Waals surface area (Å²) in [6.45, 7) is 4.23. The van der Waals surface area contributed by atoms with Crippen LogP contribution in [0.4, 0.5) is 0 Å². The van der Waals surface area contributed by atoms with Crippen molar-refractivity contribution in [3.63, 3.8) is 0 Å². The van der Waals surface area contributed by atoms with Crippen LogP contribution in [0.5, 0.6) is 0 Å². The van der Waals surface area contributed by atoms with Crippen LogP contribution in [0.25, 0.3) is 0 Å². The van der Waals surface area contributed by atoms with E-state index in [9.17, 15) is 14.4 Å². The van der Waals surface area contributed by atoms with Crippen LogP contribution in [0.2, 0.25) is 0 Å². The Morgan fingerprint density at radius 2 is 2.05 bits per heavy atom.